The number of nitrogens with zero attached hydrogens (tertiary/aromatic N) is 3. The Labute approximate surface area is 146 Å². The molecular weight excluding hydrogens is 318 g/mol. The predicted molar refractivity (Wildman–Crippen MR) is 93.4 cm³/mol. The van der Waals surface area contributed by atoms with Gasteiger partial charge in [0, 0.05) is 25.4 Å². The fourth-order valence-electron chi connectivity index (χ4n) is 3.98. The van der Waals surface area contributed by atoms with E-state index in [2.05, 4.69) is 11.2 Å². The zero-order valence-electron chi connectivity index (χ0n) is 14.3. The van der Waals surface area contributed by atoms with E-state index in [-0.39, 0.29) is 23.7 Å². The van der Waals surface area contributed by atoms with Crippen molar-refractivity contribution in [1.29, 1.82) is 0 Å². The van der Waals surface area contributed by atoms with Crippen LogP contribution in [0.3, 0.4) is 0 Å². The monoisotopic (exact) mass is 339 g/mol. The molecule has 2 aromatic rings. The number of ether oxygens (including phenoxy) is 1. The lowest BCUT2D eigenvalue weighted by Crippen LogP contribution is -2.43. The Kier molecular flexibility index (Phi) is 3.75. The third kappa shape index (κ3) is 2.58. The normalized spacial score (nSPS) is 22.0. The molecule has 3 heterocycles. The first-order valence-electron chi connectivity index (χ1n) is 8.47. The summed E-state index contributed by atoms with van der Waals surface area (Å²) in [4.78, 5) is 14.9. The molecule has 2 unspecified atom stereocenters. The molecule has 2 aliphatic rings. The molecule has 1 aromatic heterocycles. The maximum atomic E-state index is 13.0. The number of benzene rings is 1. The summed E-state index contributed by atoms with van der Waals surface area (Å²) in [7, 11) is 3.47. The molecule has 2 bridgehead atoms. The molecule has 0 spiro atoms. The van der Waals surface area contributed by atoms with Crippen molar-refractivity contribution in [2.75, 3.05) is 7.11 Å². The molecule has 6 heteroatoms. The second-order valence-corrected chi connectivity index (χ2v) is 6.63. The van der Waals surface area contributed by atoms with Crippen LogP contribution in [0.25, 0.3) is 5.57 Å². The van der Waals surface area contributed by atoms with Gasteiger partial charge in [-0.25, -0.2) is 0 Å². The van der Waals surface area contributed by atoms with Gasteiger partial charge in [-0.1, -0.05) is 6.08 Å². The van der Waals surface area contributed by atoms with Crippen molar-refractivity contribution >= 4 is 11.5 Å². The minimum absolute atomic E-state index is 0.0369. The van der Waals surface area contributed by atoms with E-state index < -0.39 is 0 Å². The molecule has 1 amide bonds. The highest BCUT2D eigenvalue weighted by atomic mass is 16.5. The molecule has 1 aromatic carbocycles. The highest BCUT2D eigenvalue weighted by Gasteiger charge is 2.40. The molecule has 2 atom stereocenters. The molecule has 2 aliphatic heterocycles. The Morgan fingerprint density at radius 2 is 2.16 bits per heavy atom. The second-order valence-electron chi connectivity index (χ2n) is 6.63. The number of phenolic OH excluding ortho intramolecular Hbond substituents is 1. The standard InChI is InChI=1S/C19H21N3O3/c1-21-17(7-8-20-21)12-9-13-3-4-14(10-12)22(13)19(24)16-6-5-15(25-2)11-18(16)23/h5-9,11,13-14,23H,3-4,10H2,1-2H3. The predicted octanol–water partition coefficient (Wildman–Crippen LogP) is 2.59. The number of amides is 1. The van der Waals surface area contributed by atoms with Crippen LogP contribution in [0.5, 0.6) is 11.5 Å². The smallest absolute Gasteiger partial charge is 0.258 e. The van der Waals surface area contributed by atoms with Gasteiger partial charge in [0.15, 0.2) is 0 Å². The summed E-state index contributed by atoms with van der Waals surface area (Å²) in [5.41, 5.74) is 2.68. The van der Waals surface area contributed by atoms with Crippen LogP contribution in [-0.2, 0) is 7.05 Å². The highest BCUT2D eigenvalue weighted by Crippen LogP contribution is 2.40. The Bertz CT molecular complexity index is 855. The summed E-state index contributed by atoms with van der Waals surface area (Å²) in [5.74, 6) is 0.382. The van der Waals surface area contributed by atoms with E-state index in [1.54, 1.807) is 18.3 Å². The number of phenols is 1. The van der Waals surface area contributed by atoms with Crippen LogP contribution in [0.1, 0.15) is 35.3 Å². The Balaban J connectivity index is 1.63. The first-order valence-corrected chi connectivity index (χ1v) is 8.47. The van der Waals surface area contributed by atoms with Gasteiger partial charge in [-0.15, -0.1) is 0 Å². The van der Waals surface area contributed by atoms with Crippen molar-refractivity contribution in [2.45, 2.75) is 31.3 Å². The van der Waals surface area contributed by atoms with Crippen molar-refractivity contribution in [1.82, 2.24) is 14.7 Å². The van der Waals surface area contributed by atoms with E-state index in [4.69, 9.17) is 4.74 Å². The van der Waals surface area contributed by atoms with E-state index >= 15 is 0 Å². The minimum Gasteiger partial charge on any atom is -0.507 e. The van der Waals surface area contributed by atoms with Gasteiger partial charge in [0.05, 0.1) is 24.4 Å². The Hall–Kier alpha value is -2.76. The molecule has 0 radical (unpaired) electrons. The van der Waals surface area contributed by atoms with Gasteiger partial charge in [-0.2, -0.15) is 5.10 Å². The number of hydrogen-bond donors (Lipinski definition) is 1. The number of aromatic nitrogens is 2. The van der Waals surface area contributed by atoms with Crippen LogP contribution in [0.2, 0.25) is 0 Å². The van der Waals surface area contributed by atoms with Crippen LogP contribution in [-0.4, -0.2) is 44.9 Å². The Morgan fingerprint density at radius 3 is 2.80 bits per heavy atom. The van der Waals surface area contributed by atoms with Crippen molar-refractivity contribution < 1.29 is 14.6 Å². The van der Waals surface area contributed by atoms with Crippen LogP contribution < -0.4 is 4.74 Å². The van der Waals surface area contributed by atoms with Crippen LogP contribution in [0, 0.1) is 0 Å². The number of rotatable bonds is 3. The number of methoxy groups -OCH3 is 1. The SMILES string of the molecule is COc1ccc(C(=O)N2C3C=C(c4ccnn4C)CC2CC3)c(O)c1. The fraction of sp³-hybridized carbons (Fsp3) is 0.368. The average molecular weight is 339 g/mol. The largest absolute Gasteiger partial charge is 0.507 e. The lowest BCUT2D eigenvalue weighted by atomic mass is 9.97. The zero-order chi connectivity index (χ0) is 17.6. The summed E-state index contributed by atoms with van der Waals surface area (Å²) < 4.78 is 6.97. The first-order chi connectivity index (χ1) is 12.1. The van der Waals surface area contributed by atoms with Crippen molar-refractivity contribution in [3.8, 4) is 11.5 Å². The number of aryl methyl sites for hydroxylation is 1. The van der Waals surface area contributed by atoms with Crippen molar-refractivity contribution in [3.63, 3.8) is 0 Å². The average Bonchev–Trinajstić information content (AvgIpc) is 3.14. The topological polar surface area (TPSA) is 67.6 Å². The van der Waals surface area contributed by atoms with Crippen molar-refractivity contribution in [3.05, 3.63) is 47.8 Å². The molecular formula is C19H21N3O3. The molecule has 6 nitrogen and oxygen atoms in total. The van der Waals surface area contributed by atoms with E-state index in [9.17, 15) is 9.90 Å². The maximum absolute atomic E-state index is 13.0. The maximum Gasteiger partial charge on any atom is 0.258 e. The highest BCUT2D eigenvalue weighted by molar-refractivity contribution is 5.98. The number of hydrogen-bond acceptors (Lipinski definition) is 4. The van der Waals surface area contributed by atoms with E-state index in [1.807, 2.05) is 22.7 Å². The van der Waals surface area contributed by atoms with Gasteiger partial charge in [-0.05, 0) is 43.0 Å². The number of carbonyl (C=O) groups excluding carboxylic acids is 1. The van der Waals surface area contributed by atoms with Gasteiger partial charge < -0.3 is 14.7 Å². The van der Waals surface area contributed by atoms with E-state index in [0.717, 1.165) is 25.0 Å². The zero-order valence-corrected chi connectivity index (χ0v) is 14.3. The minimum atomic E-state index is -0.118. The van der Waals surface area contributed by atoms with Gasteiger partial charge >= 0.3 is 0 Å². The molecule has 0 saturated carbocycles. The molecule has 25 heavy (non-hydrogen) atoms. The Morgan fingerprint density at radius 1 is 1.32 bits per heavy atom. The second kappa shape index (κ2) is 5.95. The van der Waals surface area contributed by atoms with Gasteiger partial charge in [0.25, 0.3) is 5.91 Å². The van der Waals surface area contributed by atoms with Crippen LogP contribution in [0.4, 0.5) is 0 Å². The quantitative estimate of drug-likeness (QED) is 0.933. The summed E-state index contributed by atoms with van der Waals surface area (Å²) in [6, 6.07) is 7.06. The van der Waals surface area contributed by atoms with Crippen molar-refractivity contribution in [2.24, 2.45) is 7.05 Å². The molecule has 1 saturated heterocycles. The van der Waals surface area contributed by atoms with Crippen LogP contribution in [0.15, 0.2) is 36.5 Å². The number of carbonyl (C=O) groups is 1. The first kappa shape index (κ1) is 15.7. The summed E-state index contributed by atoms with van der Waals surface area (Å²) in [6.45, 7) is 0. The van der Waals surface area contributed by atoms with Gasteiger partial charge in [-0.3, -0.25) is 9.48 Å². The van der Waals surface area contributed by atoms with E-state index in [0.29, 0.717) is 11.3 Å². The van der Waals surface area contributed by atoms with Crippen LogP contribution >= 0.6 is 0 Å². The summed E-state index contributed by atoms with van der Waals surface area (Å²) in [5, 5.41) is 14.4. The third-order valence-electron chi connectivity index (χ3n) is 5.22. The number of aromatic hydroxyl groups is 1. The summed E-state index contributed by atoms with van der Waals surface area (Å²) in [6.07, 6.45) is 6.72. The molecule has 1 fully saturated rings. The lowest BCUT2D eigenvalue weighted by molar-refractivity contribution is 0.0689. The molecule has 0 aliphatic carbocycles. The molecule has 4 rings (SSSR count). The summed E-state index contributed by atoms with van der Waals surface area (Å²) >= 11 is 0. The lowest BCUT2D eigenvalue weighted by Gasteiger charge is -2.34. The van der Waals surface area contributed by atoms with Gasteiger partial charge in [0.2, 0.25) is 0 Å². The number of fused-ring (bicyclic) bond motifs is 2. The van der Waals surface area contributed by atoms with E-state index in [1.165, 1.54) is 18.7 Å². The fourth-order valence-corrected chi connectivity index (χ4v) is 3.98. The third-order valence-corrected chi connectivity index (χ3v) is 5.22. The molecule has 1 N–H and O–H groups in total. The molecule has 130 valence electrons. The van der Waals surface area contributed by atoms with Gasteiger partial charge in [0.1, 0.15) is 11.5 Å².